The second-order valence-electron chi connectivity index (χ2n) is 10.3. The molecule has 192 valence electrons. The molecule has 0 aliphatic carbocycles. The predicted molar refractivity (Wildman–Crippen MR) is 132 cm³/mol. The molecule has 0 aromatic heterocycles. The first-order valence-corrected chi connectivity index (χ1v) is 12.3. The number of likely N-dealkylation sites (tertiary alicyclic amines) is 1. The van der Waals surface area contributed by atoms with Crippen LogP contribution in [0.2, 0.25) is 0 Å². The fourth-order valence-electron chi connectivity index (χ4n) is 4.97. The Morgan fingerprint density at radius 3 is 2.43 bits per heavy atom. The van der Waals surface area contributed by atoms with Crippen LogP contribution in [0.5, 0.6) is 5.75 Å². The van der Waals surface area contributed by atoms with Gasteiger partial charge in [0.15, 0.2) is 0 Å². The average molecular weight is 491 g/mol. The molecule has 4 nitrogen and oxygen atoms in total. The van der Waals surface area contributed by atoms with Gasteiger partial charge in [0.05, 0.1) is 12.7 Å². The van der Waals surface area contributed by atoms with Gasteiger partial charge in [-0.15, -0.1) is 0 Å². The average Bonchev–Trinajstić information content (AvgIpc) is 3.19. The van der Waals surface area contributed by atoms with Crippen LogP contribution in [0.3, 0.4) is 0 Å². The number of hydrogen-bond donors (Lipinski definition) is 0. The Hall–Kier alpha value is -2.54. The van der Waals surface area contributed by atoms with Crippen LogP contribution in [-0.4, -0.2) is 49.0 Å². The largest absolute Gasteiger partial charge is 0.497 e. The monoisotopic (exact) mass is 490 g/mol. The molecule has 1 saturated heterocycles. The summed E-state index contributed by atoms with van der Waals surface area (Å²) >= 11 is 0. The van der Waals surface area contributed by atoms with Gasteiger partial charge in [-0.05, 0) is 41.2 Å². The summed E-state index contributed by atoms with van der Waals surface area (Å²) < 4.78 is 45.1. The van der Waals surface area contributed by atoms with Crippen molar-refractivity contribution in [3.63, 3.8) is 0 Å². The summed E-state index contributed by atoms with van der Waals surface area (Å²) in [6, 6.07) is 13.5. The number of alkyl halides is 3. The highest BCUT2D eigenvalue weighted by Gasteiger charge is 2.37. The van der Waals surface area contributed by atoms with E-state index >= 15 is 0 Å². The van der Waals surface area contributed by atoms with Crippen molar-refractivity contribution in [2.75, 3.05) is 33.3 Å². The van der Waals surface area contributed by atoms with Crippen LogP contribution < -0.4 is 4.74 Å². The van der Waals surface area contributed by atoms with Crippen molar-refractivity contribution in [2.45, 2.75) is 46.3 Å². The van der Waals surface area contributed by atoms with Gasteiger partial charge in [0.25, 0.3) is 0 Å². The number of methoxy groups -OCH3 is 1. The summed E-state index contributed by atoms with van der Waals surface area (Å²) in [7, 11) is 1.64. The highest BCUT2D eigenvalue weighted by atomic mass is 19.4. The van der Waals surface area contributed by atoms with Gasteiger partial charge in [0.2, 0.25) is 5.91 Å². The molecule has 2 aromatic rings. The van der Waals surface area contributed by atoms with Crippen molar-refractivity contribution in [3.05, 3.63) is 65.2 Å². The summed E-state index contributed by atoms with van der Waals surface area (Å²) in [6.45, 7) is 11.2. The van der Waals surface area contributed by atoms with E-state index in [1.807, 2.05) is 36.9 Å². The summed E-state index contributed by atoms with van der Waals surface area (Å²) in [5, 5.41) is 0. The fourth-order valence-corrected chi connectivity index (χ4v) is 4.97. The molecule has 0 N–H and O–H groups in total. The van der Waals surface area contributed by atoms with Crippen LogP contribution in [0, 0.1) is 17.8 Å². The summed E-state index contributed by atoms with van der Waals surface area (Å²) in [6.07, 6.45) is -4.36. The number of nitrogens with zero attached hydrogens (tertiary/aromatic N) is 2. The third-order valence-corrected chi connectivity index (χ3v) is 6.55. The molecular formula is C28H37F3N2O2. The number of halogens is 3. The van der Waals surface area contributed by atoms with Crippen LogP contribution in [0.1, 0.15) is 50.3 Å². The Bertz CT molecular complexity index is 990. The van der Waals surface area contributed by atoms with E-state index in [0.717, 1.165) is 17.4 Å². The van der Waals surface area contributed by atoms with Gasteiger partial charge in [0, 0.05) is 44.6 Å². The number of ether oxygens (including phenoxy) is 1. The number of rotatable bonds is 9. The van der Waals surface area contributed by atoms with Gasteiger partial charge in [-0.3, -0.25) is 9.69 Å². The zero-order chi connectivity index (χ0) is 25.8. The molecule has 0 saturated carbocycles. The maximum absolute atomic E-state index is 13.2. The van der Waals surface area contributed by atoms with E-state index in [1.165, 1.54) is 12.1 Å². The zero-order valence-electron chi connectivity index (χ0n) is 21.3. The molecule has 0 radical (unpaired) electrons. The van der Waals surface area contributed by atoms with E-state index in [-0.39, 0.29) is 23.7 Å². The number of amides is 1. The molecule has 2 aromatic carbocycles. The lowest BCUT2D eigenvalue weighted by molar-refractivity contribution is -0.137. The molecule has 7 heteroatoms. The van der Waals surface area contributed by atoms with Gasteiger partial charge < -0.3 is 9.64 Å². The number of benzene rings is 2. The van der Waals surface area contributed by atoms with E-state index < -0.39 is 11.7 Å². The molecule has 1 aliphatic rings. The van der Waals surface area contributed by atoms with Crippen LogP contribution >= 0.6 is 0 Å². The van der Waals surface area contributed by atoms with Crippen LogP contribution in [0.15, 0.2) is 48.5 Å². The van der Waals surface area contributed by atoms with Crippen molar-refractivity contribution in [1.82, 2.24) is 9.80 Å². The minimum Gasteiger partial charge on any atom is -0.497 e. The Morgan fingerprint density at radius 2 is 1.80 bits per heavy atom. The van der Waals surface area contributed by atoms with Gasteiger partial charge in [0.1, 0.15) is 5.75 Å². The molecule has 2 atom stereocenters. The highest BCUT2D eigenvalue weighted by Crippen LogP contribution is 2.36. The van der Waals surface area contributed by atoms with Crippen LogP contribution in [-0.2, 0) is 17.5 Å². The second kappa shape index (κ2) is 11.5. The predicted octanol–water partition coefficient (Wildman–Crippen LogP) is 6.07. The molecule has 1 heterocycles. The van der Waals surface area contributed by atoms with Crippen molar-refractivity contribution >= 4 is 5.91 Å². The number of carbonyl (C=O) groups excluding carboxylic acids is 1. The molecule has 35 heavy (non-hydrogen) atoms. The fraction of sp³-hybridized carbons (Fsp3) is 0.536. The molecule has 1 amide bonds. The molecular weight excluding hydrogens is 453 g/mol. The van der Waals surface area contributed by atoms with Gasteiger partial charge in [-0.25, -0.2) is 0 Å². The zero-order valence-corrected chi connectivity index (χ0v) is 21.3. The molecule has 3 rings (SSSR count). The molecule has 0 bridgehead atoms. The lowest BCUT2D eigenvalue weighted by Gasteiger charge is -2.31. The van der Waals surface area contributed by atoms with Crippen molar-refractivity contribution in [2.24, 2.45) is 17.8 Å². The SMILES string of the molecule is COc1cccc(C2CN(Cc3cccc(C(F)(F)F)c3)CC2CN(CC(C)C)C(=O)C(C)C)c1. The Morgan fingerprint density at radius 1 is 1.09 bits per heavy atom. The standard InChI is InChI=1S/C28H37F3N2O2/c1-19(2)14-33(27(34)20(3)4)17-23-16-32(15-21-8-6-10-24(12-21)28(29,30)31)18-26(23)22-9-7-11-25(13-22)35-5/h6-13,19-20,23,26H,14-18H2,1-5H3. The van der Waals surface area contributed by atoms with Crippen LogP contribution in [0.25, 0.3) is 0 Å². The van der Waals surface area contributed by atoms with Gasteiger partial charge in [-0.2, -0.15) is 13.2 Å². The first-order chi connectivity index (χ1) is 16.5. The van der Waals surface area contributed by atoms with E-state index in [4.69, 9.17) is 4.74 Å². The number of carbonyl (C=O) groups is 1. The van der Waals surface area contributed by atoms with Crippen molar-refractivity contribution < 1.29 is 22.7 Å². The van der Waals surface area contributed by atoms with E-state index in [1.54, 1.807) is 13.2 Å². The van der Waals surface area contributed by atoms with Crippen molar-refractivity contribution in [3.8, 4) is 5.75 Å². The summed E-state index contributed by atoms with van der Waals surface area (Å²) in [5.74, 6) is 1.47. The minimum atomic E-state index is -4.36. The third-order valence-electron chi connectivity index (χ3n) is 6.55. The normalized spacial score (nSPS) is 18.9. The first-order valence-electron chi connectivity index (χ1n) is 12.3. The molecule has 0 spiro atoms. The Kier molecular flexibility index (Phi) is 8.86. The Labute approximate surface area is 207 Å². The third kappa shape index (κ3) is 7.23. The van der Waals surface area contributed by atoms with E-state index in [2.05, 4.69) is 24.8 Å². The quantitative estimate of drug-likeness (QED) is 0.428. The smallest absolute Gasteiger partial charge is 0.416 e. The molecule has 1 fully saturated rings. The maximum Gasteiger partial charge on any atom is 0.416 e. The van der Waals surface area contributed by atoms with Gasteiger partial charge >= 0.3 is 6.18 Å². The molecule has 2 unspecified atom stereocenters. The Balaban J connectivity index is 1.87. The lowest BCUT2D eigenvalue weighted by atomic mass is 9.88. The highest BCUT2D eigenvalue weighted by molar-refractivity contribution is 5.78. The van der Waals surface area contributed by atoms with E-state index in [9.17, 15) is 18.0 Å². The maximum atomic E-state index is 13.2. The first kappa shape index (κ1) is 27.1. The van der Waals surface area contributed by atoms with Crippen molar-refractivity contribution in [1.29, 1.82) is 0 Å². The van der Waals surface area contributed by atoms with Gasteiger partial charge in [-0.1, -0.05) is 58.0 Å². The van der Waals surface area contributed by atoms with Crippen LogP contribution in [0.4, 0.5) is 13.2 Å². The summed E-state index contributed by atoms with van der Waals surface area (Å²) in [5.41, 5.74) is 1.14. The second-order valence-corrected chi connectivity index (χ2v) is 10.3. The molecule has 1 aliphatic heterocycles. The number of hydrogen-bond acceptors (Lipinski definition) is 3. The summed E-state index contributed by atoms with van der Waals surface area (Å²) in [4.78, 5) is 17.2. The minimum absolute atomic E-state index is 0.0911. The topological polar surface area (TPSA) is 32.8 Å². The van der Waals surface area contributed by atoms with E-state index in [0.29, 0.717) is 44.2 Å². The lowest BCUT2D eigenvalue weighted by Crippen LogP contribution is -2.41.